The maximum Gasteiger partial charge on any atom is 0.0959 e. The van der Waals surface area contributed by atoms with Gasteiger partial charge in [0, 0.05) is 0 Å². The van der Waals surface area contributed by atoms with Gasteiger partial charge >= 0.3 is 0 Å². The first kappa shape index (κ1) is 10.5. The summed E-state index contributed by atoms with van der Waals surface area (Å²) in [6.07, 6.45) is 1.35. The summed E-state index contributed by atoms with van der Waals surface area (Å²) in [7, 11) is 0. The molecule has 66 valence electrons. The van der Waals surface area contributed by atoms with E-state index in [1.54, 1.807) is 0 Å². The lowest BCUT2D eigenvalue weighted by molar-refractivity contribution is 0.0939. The van der Waals surface area contributed by atoms with E-state index in [0.29, 0.717) is 5.41 Å². The van der Waals surface area contributed by atoms with Crippen LogP contribution >= 0.6 is 0 Å². The van der Waals surface area contributed by atoms with E-state index in [-0.39, 0.29) is 6.10 Å². The highest BCUT2D eigenvalue weighted by atomic mass is 16.5. The lowest BCUT2D eigenvalue weighted by Gasteiger charge is -2.23. The highest BCUT2D eigenvalue weighted by Gasteiger charge is 2.15. The Bertz CT molecular complexity index is 130. The van der Waals surface area contributed by atoms with Crippen LogP contribution in [0, 0.1) is 5.41 Å². The molecule has 0 radical (unpaired) electrons. The second-order valence-electron chi connectivity index (χ2n) is 4.40. The second-order valence-corrected chi connectivity index (χ2v) is 4.40. The average molecular weight is 156 g/mol. The van der Waals surface area contributed by atoms with Crippen molar-refractivity contribution in [1.29, 1.82) is 0 Å². The standard InChI is InChI=1S/C10H20O/c1-8(2)11-9(3)7-10(4,5)6/h9H,1,7H2,2-6H3. The minimum Gasteiger partial charge on any atom is -0.496 e. The molecule has 1 nitrogen and oxygen atoms in total. The lowest BCUT2D eigenvalue weighted by Crippen LogP contribution is -2.17. The smallest absolute Gasteiger partial charge is 0.0959 e. The van der Waals surface area contributed by atoms with Crippen LogP contribution in [0.5, 0.6) is 0 Å². The van der Waals surface area contributed by atoms with Crippen LogP contribution in [0.3, 0.4) is 0 Å². The van der Waals surface area contributed by atoms with E-state index >= 15 is 0 Å². The van der Waals surface area contributed by atoms with Crippen LogP contribution < -0.4 is 0 Å². The number of ether oxygens (including phenoxy) is 1. The van der Waals surface area contributed by atoms with Gasteiger partial charge in [-0.25, -0.2) is 0 Å². The summed E-state index contributed by atoms with van der Waals surface area (Å²) in [4.78, 5) is 0. The van der Waals surface area contributed by atoms with Gasteiger partial charge in [-0.05, 0) is 25.7 Å². The lowest BCUT2D eigenvalue weighted by atomic mass is 9.90. The molecule has 0 aromatic rings. The SMILES string of the molecule is C=C(C)OC(C)CC(C)(C)C. The Hall–Kier alpha value is -0.460. The Balaban J connectivity index is 3.69. The third kappa shape index (κ3) is 7.44. The minimum absolute atomic E-state index is 0.285. The second kappa shape index (κ2) is 3.80. The van der Waals surface area contributed by atoms with Crippen molar-refractivity contribution in [3.8, 4) is 0 Å². The first-order chi connectivity index (χ1) is 4.81. The van der Waals surface area contributed by atoms with Gasteiger partial charge in [-0.1, -0.05) is 27.4 Å². The molecule has 0 N–H and O–H groups in total. The van der Waals surface area contributed by atoms with Crippen molar-refractivity contribution in [2.45, 2.75) is 47.1 Å². The molecule has 0 rings (SSSR count). The molecule has 0 aliphatic rings. The fraction of sp³-hybridized carbons (Fsp3) is 0.800. The van der Waals surface area contributed by atoms with E-state index in [2.05, 4.69) is 34.3 Å². The average Bonchev–Trinajstić information content (AvgIpc) is 1.53. The molecule has 0 aliphatic carbocycles. The van der Waals surface area contributed by atoms with Crippen LogP contribution in [0.1, 0.15) is 41.0 Å². The van der Waals surface area contributed by atoms with Gasteiger partial charge in [0.15, 0.2) is 0 Å². The fourth-order valence-electron chi connectivity index (χ4n) is 1.25. The maximum atomic E-state index is 5.43. The first-order valence-electron chi connectivity index (χ1n) is 4.13. The van der Waals surface area contributed by atoms with Crippen molar-refractivity contribution < 1.29 is 4.74 Å². The zero-order valence-corrected chi connectivity index (χ0v) is 8.40. The van der Waals surface area contributed by atoms with Crippen LogP contribution in [0.2, 0.25) is 0 Å². The molecule has 0 amide bonds. The normalized spacial score (nSPS) is 14.3. The Morgan fingerprint density at radius 2 is 1.91 bits per heavy atom. The molecule has 0 saturated carbocycles. The predicted octanol–water partition coefficient (Wildman–Crippen LogP) is 3.36. The van der Waals surface area contributed by atoms with Crippen molar-refractivity contribution in [2.75, 3.05) is 0 Å². The molecule has 0 aromatic heterocycles. The maximum absolute atomic E-state index is 5.43. The molecule has 0 aromatic carbocycles. The topological polar surface area (TPSA) is 9.23 Å². The van der Waals surface area contributed by atoms with Crippen LogP contribution in [0.25, 0.3) is 0 Å². The Morgan fingerprint density at radius 3 is 2.18 bits per heavy atom. The third-order valence-electron chi connectivity index (χ3n) is 1.30. The van der Waals surface area contributed by atoms with Crippen molar-refractivity contribution in [3.63, 3.8) is 0 Å². The summed E-state index contributed by atoms with van der Waals surface area (Å²) in [5.74, 6) is 0.807. The van der Waals surface area contributed by atoms with Crippen LogP contribution in [-0.4, -0.2) is 6.10 Å². The van der Waals surface area contributed by atoms with Crippen molar-refractivity contribution >= 4 is 0 Å². The van der Waals surface area contributed by atoms with Gasteiger partial charge in [-0.3, -0.25) is 0 Å². The molecular weight excluding hydrogens is 136 g/mol. The van der Waals surface area contributed by atoms with E-state index < -0.39 is 0 Å². The van der Waals surface area contributed by atoms with E-state index in [1.165, 1.54) is 0 Å². The number of hydrogen-bond donors (Lipinski definition) is 0. The number of rotatable bonds is 3. The summed E-state index contributed by atoms with van der Waals surface area (Å²) in [6.45, 7) is 14.3. The molecule has 0 heterocycles. The summed E-state index contributed by atoms with van der Waals surface area (Å²) in [6, 6.07) is 0. The van der Waals surface area contributed by atoms with Gasteiger partial charge in [-0.2, -0.15) is 0 Å². The Morgan fingerprint density at radius 1 is 1.45 bits per heavy atom. The molecule has 0 spiro atoms. The van der Waals surface area contributed by atoms with Crippen LogP contribution in [0.4, 0.5) is 0 Å². The number of hydrogen-bond acceptors (Lipinski definition) is 1. The molecule has 1 atom stereocenters. The van der Waals surface area contributed by atoms with Crippen LogP contribution in [-0.2, 0) is 4.74 Å². The van der Waals surface area contributed by atoms with Gasteiger partial charge in [0.05, 0.1) is 11.9 Å². The van der Waals surface area contributed by atoms with Gasteiger partial charge in [-0.15, -0.1) is 0 Å². The van der Waals surface area contributed by atoms with E-state index in [4.69, 9.17) is 4.74 Å². The van der Waals surface area contributed by atoms with Gasteiger partial charge in [0.2, 0.25) is 0 Å². The zero-order chi connectivity index (χ0) is 9.07. The van der Waals surface area contributed by atoms with Crippen LogP contribution in [0.15, 0.2) is 12.3 Å². The van der Waals surface area contributed by atoms with E-state index in [1.807, 2.05) is 6.92 Å². The van der Waals surface area contributed by atoms with Crippen molar-refractivity contribution in [3.05, 3.63) is 12.3 Å². The summed E-state index contributed by atoms with van der Waals surface area (Å²) >= 11 is 0. The fourth-order valence-corrected chi connectivity index (χ4v) is 1.25. The quantitative estimate of drug-likeness (QED) is 0.569. The molecule has 1 unspecified atom stereocenters. The molecule has 0 saturated heterocycles. The molecule has 0 aliphatic heterocycles. The van der Waals surface area contributed by atoms with Crippen molar-refractivity contribution in [2.24, 2.45) is 5.41 Å². The summed E-state index contributed by atoms with van der Waals surface area (Å²) in [5, 5.41) is 0. The Labute approximate surface area is 70.4 Å². The van der Waals surface area contributed by atoms with Crippen molar-refractivity contribution in [1.82, 2.24) is 0 Å². The monoisotopic (exact) mass is 156 g/mol. The predicted molar refractivity (Wildman–Crippen MR) is 49.4 cm³/mol. The highest BCUT2D eigenvalue weighted by molar-refractivity contribution is 4.77. The molecular formula is C10H20O. The molecule has 11 heavy (non-hydrogen) atoms. The molecule has 1 heteroatoms. The Kier molecular flexibility index (Phi) is 3.64. The summed E-state index contributed by atoms with van der Waals surface area (Å²) in [5.41, 5.74) is 0.342. The van der Waals surface area contributed by atoms with Gasteiger partial charge < -0.3 is 4.74 Å². The number of allylic oxidation sites excluding steroid dienone is 1. The third-order valence-corrected chi connectivity index (χ3v) is 1.30. The zero-order valence-electron chi connectivity index (χ0n) is 8.40. The van der Waals surface area contributed by atoms with E-state index in [0.717, 1.165) is 12.2 Å². The molecule has 0 fully saturated rings. The summed E-state index contributed by atoms with van der Waals surface area (Å²) < 4.78 is 5.43. The van der Waals surface area contributed by atoms with Gasteiger partial charge in [0.25, 0.3) is 0 Å². The van der Waals surface area contributed by atoms with Gasteiger partial charge in [0.1, 0.15) is 0 Å². The largest absolute Gasteiger partial charge is 0.496 e. The molecule has 0 bridgehead atoms. The minimum atomic E-state index is 0.285. The van der Waals surface area contributed by atoms with E-state index in [9.17, 15) is 0 Å². The highest BCUT2D eigenvalue weighted by Crippen LogP contribution is 2.22. The first-order valence-corrected chi connectivity index (χ1v) is 4.13.